The van der Waals surface area contributed by atoms with Gasteiger partial charge in [0.15, 0.2) is 5.16 Å². The number of pyridine rings is 1. The maximum Gasteiger partial charge on any atom is 0.235 e. The smallest absolute Gasteiger partial charge is 0.235 e. The fourth-order valence-electron chi connectivity index (χ4n) is 4.84. The lowest BCUT2D eigenvalue weighted by molar-refractivity contribution is -0.125. The summed E-state index contributed by atoms with van der Waals surface area (Å²) in [5, 5.41) is 12.2. The molecule has 1 N–H and O–H groups in total. The van der Waals surface area contributed by atoms with E-state index in [0.29, 0.717) is 6.54 Å². The molecule has 0 saturated carbocycles. The van der Waals surface area contributed by atoms with Gasteiger partial charge >= 0.3 is 0 Å². The molecule has 7 heteroatoms. The van der Waals surface area contributed by atoms with Gasteiger partial charge < -0.3 is 9.88 Å². The molecule has 1 aliphatic rings. The van der Waals surface area contributed by atoms with Gasteiger partial charge in [-0.05, 0) is 47.2 Å². The van der Waals surface area contributed by atoms with E-state index in [1.54, 1.807) is 24.3 Å². The molecule has 0 atom stereocenters. The van der Waals surface area contributed by atoms with Gasteiger partial charge in [-0.3, -0.25) is 9.78 Å². The van der Waals surface area contributed by atoms with Crippen LogP contribution in [0.5, 0.6) is 0 Å². The zero-order chi connectivity index (χ0) is 23.4. The second-order valence-electron chi connectivity index (χ2n) is 8.53. The van der Waals surface area contributed by atoms with Crippen LogP contribution in [-0.4, -0.2) is 31.4 Å². The first-order valence-corrected chi connectivity index (χ1v) is 12.5. The molecule has 2 heterocycles. The van der Waals surface area contributed by atoms with Gasteiger partial charge in [0.25, 0.3) is 0 Å². The first kappa shape index (κ1) is 22.3. The van der Waals surface area contributed by atoms with Crippen LogP contribution in [-0.2, 0) is 23.8 Å². The van der Waals surface area contributed by atoms with E-state index in [1.165, 1.54) is 0 Å². The van der Waals surface area contributed by atoms with Crippen LogP contribution in [0, 0.1) is 0 Å². The Kier molecular flexibility index (Phi) is 6.45. The predicted molar refractivity (Wildman–Crippen MR) is 134 cm³/mol. The molecule has 0 spiro atoms. The molecule has 5 rings (SSSR count). The van der Waals surface area contributed by atoms with Crippen LogP contribution in [0.3, 0.4) is 0 Å². The number of carbonyl (C=O) groups is 1. The number of thioether (sulfide) groups is 1. The summed E-state index contributed by atoms with van der Waals surface area (Å²) in [6.07, 6.45) is 6.12. The lowest BCUT2D eigenvalue weighted by atomic mass is 9.73. The summed E-state index contributed by atoms with van der Waals surface area (Å²) in [6, 6.07) is 22.4. The highest BCUT2D eigenvalue weighted by Crippen LogP contribution is 2.51. The SMILES string of the molecule is Cn1cnnc1SCCCCC1(C(=O)NCc2ccccn2)c2ccccc2-c2ccccc21. The third-order valence-electron chi connectivity index (χ3n) is 6.45. The molecular formula is C27H27N5OS. The maximum absolute atomic E-state index is 14.0. The van der Waals surface area contributed by atoms with E-state index in [-0.39, 0.29) is 5.91 Å². The fraction of sp³-hybridized carbons (Fsp3) is 0.259. The first-order chi connectivity index (χ1) is 16.7. The molecule has 2 aromatic heterocycles. The molecule has 34 heavy (non-hydrogen) atoms. The summed E-state index contributed by atoms with van der Waals surface area (Å²) in [5.41, 5.74) is 4.63. The molecule has 4 aromatic rings. The van der Waals surface area contributed by atoms with Crippen LogP contribution in [0.15, 0.2) is 84.4 Å². The Morgan fingerprint density at radius 3 is 2.32 bits per heavy atom. The van der Waals surface area contributed by atoms with Crippen LogP contribution in [0.25, 0.3) is 11.1 Å². The van der Waals surface area contributed by atoms with Gasteiger partial charge in [0.05, 0.1) is 12.2 Å². The number of fused-ring (bicyclic) bond motifs is 3. The molecule has 1 aliphatic carbocycles. The number of unbranched alkanes of at least 4 members (excludes halogenated alkanes) is 1. The van der Waals surface area contributed by atoms with Crippen molar-refractivity contribution in [2.75, 3.05) is 5.75 Å². The number of rotatable bonds is 9. The summed E-state index contributed by atoms with van der Waals surface area (Å²) in [5.74, 6) is 0.970. The van der Waals surface area contributed by atoms with Gasteiger partial charge in [-0.2, -0.15) is 0 Å². The Hall–Kier alpha value is -3.45. The number of aromatic nitrogens is 4. The molecule has 0 aliphatic heterocycles. The third-order valence-corrected chi connectivity index (χ3v) is 7.58. The van der Waals surface area contributed by atoms with E-state index in [4.69, 9.17) is 0 Å². The van der Waals surface area contributed by atoms with E-state index >= 15 is 0 Å². The molecule has 0 radical (unpaired) electrons. The molecular weight excluding hydrogens is 442 g/mol. The molecule has 0 fully saturated rings. The van der Waals surface area contributed by atoms with Crippen molar-refractivity contribution in [3.05, 3.63) is 96.1 Å². The van der Waals surface area contributed by atoms with Crippen LogP contribution in [0.1, 0.15) is 36.1 Å². The second-order valence-corrected chi connectivity index (χ2v) is 9.59. The van der Waals surface area contributed by atoms with Gasteiger partial charge in [-0.1, -0.05) is 72.8 Å². The highest BCUT2D eigenvalue weighted by Gasteiger charge is 2.48. The number of hydrogen-bond donors (Lipinski definition) is 1. The lowest BCUT2D eigenvalue weighted by Crippen LogP contribution is -2.44. The second kappa shape index (κ2) is 9.81. The number of benzene rings is 2. The fourth-order valence-corrected chi connectivity index (χ4v) is 5.72. The summed E-state index contributed by atoms with van der Waals surface area (Å²) >= 11 is 1.70. The minimum absolute atomic E-state index is 0.0384. The van der Waals surface area contributed by atoms with Crippen LogP contribution < -0.4 is 5.32 Å². The topological polar surface area (TPSA) is 72.7 Å². The summed E-state index contributed by atoms with van der Waals surface area (Å²) in [7, 11) is 1.95. The predicted octanol–water partition coefficient (Wildman–Crippen LogP) is 4.76. The van der Waals surface area contributed by atoms with E-state index in [1.807, 2.05) is 41.9 Å². The summed E-state index contributed by atoms with van der Waals surface area (Å²) in [4.78, 5) is 18.4. The van der Waals surface area contributed by atoms with Gasteiger partial charge in [-0.25, -0.2) is 0 Å². The first-order valence-electron chi connectivity index (χ1n) is 11.5. The number of aryl methyl sites for hydroxylation is 1. The Morgan fingerprint density at radius 1 is 0.971 bits per heavy atom. The number of hydrogen-bond acceptors (Lipinski definition) is 5. The average Bonchev–Trinajstić information content (AvgIpc) is 3.42. The van der Waals surface area contributed by atoms with Gasteiger partial charge in [0.2, 0.25) is 5.91 Å². The van der Waals surface area contributed by atoms with Crippen LogP contribution in [0.4, 0.5) is 0 Å². The Labute approximate surface area is 203 Å². The van der Waals surface area contributed by atoms with Crippen LogP contribution in [0.2, 0.25) is 0 Å². The molecule has 0 bridgehead atoms. The van der Waals surface area contributed by atoms with Crippen molar-refractivity contribution in [3.8, 4) is 11.1 Å². The summed E-state index contributed by atoms with van der Waals surface area (Å²) < 4.78 is 1.93. The molecule has 6 nitrogen and oxygen atoms in total. The minimum atomic E-state index is -0.711. The lowest BCUT2D eigenvalue weighted by Gasteiger charge is -2.31. The number of nitrogens with one attached hydrogen (secondary N) is 1. The molecule has 0 unspecified atom stereocenters. The van der Waals surface area contributed by atoms with Crippen molar-refractivity contribution in [1.82, 2.24) is 25.1 Å². The molecule has 0 saturated heterocycles. The zero-order valence-corrected chi connectivity index (χ0v) is 20.0. The zero-order valence-electron chi connectivity index (χ0n) is 19.1. The monoisotopic (exact) mass is 469 g/mol. The van der Waals surface area contributed by atoms with Crippen molar-refractivity contribution in [2.24, 2.45) is 7.05 Å². The number of carbonyl (C=O) groups excluding carboxylic acids is 1. The van der Waals surface area contributed by atoms with Crippen molar-refractivity contribution in [3.63, 3.8) is 0 Å². The highest BCUT2D eigenvalue weighted by molar-refractivity contribution is 7.99. The van der Waals surface area contributed by atoms with Crippen LogP contribution >= 0.6 is 11.8 Å². The van der Waals surface area contributed by atoms with E-state index in [9.17, 15) is 4.79 Å². The van der Waals surface area contributed by atoms with E-state index in [2.05, 4.69) is 56.9 Å². The van der Waals surface area contributed by atoms with E-state index < -0.39 is 5.41 Å². The number of nitrogens with zero attached hydrogens (tertiary/aromatic N) is 4. The highest BCUT2D eigenvalue weighted by atomic mass is 32.2. The Morgan fingerprint density at radius 2 is 1.68 bits per heavy atom. The Bertz CT molecular complexity index is 1240. The molecule has 2 aromatic carbocycles. The standard InChI is InChI=1S/C27H27N5OS/c1-32-19-30-31-26(32)34-17-9-7-15-27(25(33)29-18-20-10-6-8-16-28-20)23-13-4-2-11-21(23)22-12-3-5-14-24(22)27/h2-6,8,10-14,16,19H,7,9,15,17-18H2,1H3,(H,29,33). The van der Waals surface area contributed by atoms with Gasteiger partial charge in [0.1, 0.15) is 11.7 Å². The largest absolute Gasteiger partial charge is 0.349 e. The third kappa shape index (κ3) is 4.12. The Balaban J connectivity index is 1.40. The van der Waals surface area contributed by atoms with Crippen molar-refractivity contribution < 1.29 is 4.79 Å². The quantitative estimate of drug-likeness (QED) is 0.283. The molecule has 1 amide bonds. The van der Waals surface area contributed by atoms with E-state index in [0.717, 1.165) is 58.1 Å². The minimum Gasteiger partial charge on any atom is -0.349 e. The van der Waals surface area contributed by atoms with Gasteiger partial charge in [-0.15, -0.1) is 10.2 Å². The van der Waals surface area contributed by atoms with Crippen molar-refractivity contribution in [1.29, 1.82) is 0 Å². The van der Waals surface area contributed by atoms with Gasteiger partial charge in [0, 0.05) is 19.0 Å². The molecule has 172 valence electrons. The number of amides is 1. The average molecular weight is 470 g/mol. The van der Waals surface area contributed by atoms with Crippen molar-refractivity contribution in [2.45, 2.75) is 36.4 Å². The summed E-state index contributed by atoms with van der Waals surface area (Å²) in [6.45, 7) is 0.410. The maximum atomic E-state index is 14.0. The van der Waals surface area contributed by atoms with Crippen molar-refractivity contribution >= 4 is 17.7 Å². The normalized spacial score (nSPS) is 13.3.